The molecular weight excluding hydrogens is 256 g/mol. The van der Waals surface area contributed by atoms with E-state index in [4.69, 9.17) is 0 Å². The van der Waals surface area contributed by atoms with Gasteiger partial charge < -0.3 is 10.2 Å². The fraction of sp³-hybridized carbons (Fsp3) is 0.571. The Morgan fingerprint density at radius 2 is 2.05 bits per heavy atom. The largest absolute Gasteiger partial charge is 0.399 e. The Morgan fingerprint density at radius 3 is 2.75 bits per heavy atom. The maximum atomic E-state index is 12.4. The summed E-state index contributed by atoms with van der Waals surface area (Å²) in [6.45, 7) is 3.71. The molecule has 0 saturated carbocycles. The molecule has 0 aromatic heterocycles. The predicted octanol–water partition coefficient (Wildman–Crippen LogP) is -0.453. The first-order valence-electron chi connectivity index (χ1n) is 7.00. The summed E-state index contributed by atoms with van der Waals surface area (Å²) in [6, 6.07) is -0.137. The summed E-state index contributed by atoms with van der Waals surface area (Å²) in [7, 11) is 1.67. The normalized spacial score (nSPS) is 27.8. The van der Waals surface area contributed by atoms with Crippen molar-refractivity contribution in [2.45, 2.75) is 31.8 Å². The van der Waals surface area contributed by atoms with Crippen molar-refractivity contribution in [2.24, 2.45) is 4.99 Å². The van der Waals surface area contributed by atoms with Crippen molar-refractivity contribution >= 4 is 23.9 Å². The molecule has 0 aromatic carbocycles. The number of hydrogen-bond acceptors (Lipinski definition) is 4. The number of nitrogens with zero attached hydrogens (tertiary/aromatic N) is 3. The summed E-state index contributed by atoms with van der Waals surface area (Å²) in [5, 5.41) is 3.28. The van der Waals surface area contributed by atoms with Gasteiger partial charge in [-0.2, -0.15) is 4.58 Å². The highest BCUT2D eigenvalue weighted by molar-refractivity contribution is 6.34. The smallest absolute Gasteiger partial charge is 0.317 e. The van der Waals surface area contributed by atoms with Crippen molar-refractivity contribution in [1.82, 2.24) is 10.2 Å². The number of rotatable bonds is 1. The molecule has 3 aliphatic heterocycles. The molecule has 0 bridgehead atoms. The summed E-state index contributed by atoms with van der Waals surface area (Å²) in [5.74, 6) is -0.191. The number of hydrogen-bond donors (Lipinski definition) is 1. The van der Waals surface area contributed by atoms with Crippen LogP contribution < -0.4 is 5.32 Å². The first-order valence-corrected chi connectivity index (χ1v) is 7.00. The van der Waals surface area contributed by atoms with Crippen LogP contribution in [0.15, 0.2) is 16.6 Å². The number of likely N-dealkylation sites (N-methyl/N-ethyl adjacent to an activating group) is 1. The molecule has 1 saturated heterocycles. The minimum Gasteiger partial charge on any atom is -0.317 e. The summed E-state index contributed by atoms with van der Waals surface area (Å²) in [6.07, 6.45) is 5.33. The Labute approximate surface area is 117 Å². The lowest BCUT2D eigenvalue weighted by molar-refractivity contribution is -0.492. The number of fused-ring (bicyclic) bond motifs is 1. The fourth-order valence-electron chi connectivity index (χ4n) is 3.16. The zero-order valence-corrected chi connectivity index (χ0v) is 11.8. The molecule has 0 aliphatic carbocycles. The van der Waals surface area contributed by atoms with E-state index in [9.17, 15) is 9.59 Å². The van der Waals surface area contributed by atoms with Gasteiger partial charge in [-0.3, -0.25) is 4.79 Å². The van der Waals surface area contributed by atoms with Crippen LogP contribution in [-0.2, 0) is 9.59 Å². The van der Waals surface area contributed by atoms with Gasteiger partial charge in [0, 0.05) is 19.9 Å². The topological polar surface area (TPSA) is 64.8 Å². The second kappa shape index (κ2) is 4.94. The molecule has 20 heavy (non-hydrogen) atoms. The van der Waals surface area contributed by atoms with Crippen molar-refractivity contribution in [3.05, 3.63) is 11.6 Å². The number of amidine groups is 1. The van der Waals surface area contributed by atoms with Crippen LogP contribution in [0.25, 0.3) is 0 Å². The molecule has 2 amide bonds. The van der Waals surface area contributed by atoms with E-state index in [0.29, 0.717) is 5.84 Å². The van der Waals surface area contributed by atoms with Crippen LogP contribution in [0.1, 0.15) is 19.8 Å². The number of allylic oxidation sites excluding steroid dienone is 1. The number of amides is 2. The molecule has 6 nitrogen and oxygen atoms in total. The van der Waals surface area contributed by atoms with Gasteiger partial charge in [-0.05, 0) is 31.7 Å². The SMILES string of the molecule is CC1=CC=NC2=[N+](C3CCNCC3)C(=O)C(=O)N(C)C12. The van der Waals surface area contributed by atoms with E-state index in [1.807, 2.05) is 13.0 Å². The number of aliphatic imine (C=N–C) groups is 1. The molecule has 0 radical (unpaired) electrons. The first-order chi connectivity index (χ1) is 9.61. The second-order valence-electron chi connectivity index (χ2n) is 5.52. The molecule has 0 aromatic rings. The van der Waals surface area contributed by atoms with Gasteiger partial charge in [0.1, 0.15) is 12.3 Å². The Bertz CT molecular complexity index is 556. The average Bonchev–Trinajstić information content (AvgIpc) is 2.46. The molecule has 3 heterocycles. The lowest BCUT2D eigenvalue weighted by Crippen LogP contribution is -2.60. The number of piperidine rings is 1. The van der Waals surface area contributed by atoms with E-state index in [1.54, 1.807) is 17.8 Å². The summed E-state index contributed by atoms with van der Waals surface area (Å²) >= 11 is 0. The molecular formula is C14H19N4O2+. The molecule has 3 aliphatic rings. The average molecular weight is 275 g/mol. The maximum absolute atomic E-state index is 12.4. The molecule has 1 atom stereocenters. The van der Waals surface area contributed by atoms with Crippen molar-refractivity contribution in [3.8, 4) is 0 Å². The van der Waals surface area contributed by atoms with Gasteiger partial charge >= 0.3 is 17.6 Å². The highest BCUT2D eigenvalue weighted by atomic mass is 16.2. The Kier molecular flexibility index (Phi) is 3.25. The molecule has 106 valence electrons. The van der Waals surface area contributed by atoms with Crippen molar-refractivity contribution in [3.63, 3.8) is 0 Å². The van der Waals surface area contributed by atoms with E-state index >= 15 is 0 Å². The van der Waals surface area contributed by atoms with Gasteiger partial charge in [0.15, 0.2) is 6.04 Å². The van der Waals surface area contributed by atoms with Gasteiger partial charge in [-0.1, -0.05) is 4.99 Å². The Hall–Kier alpha value is -1.82. The Morgan fingerprint density at radius 1 is 1.35 bits per heavy atom. The maximum Gasteiger partial charge on any atom is 0.399 e. The third-order valence-electron chi connectivity index (χ3n) is 4.25. The summed E-state index contributed by atoms with van der Waals surface area (Å²) in [4.78, 5) is 30.5. The minimum atomic E-state index is -0.447. The summed E-state index contributed by atoms with van der Waals surface area (Å²) in [5.41, 5.74) is 1.04. The van der Waals surface area contributed by atoms with Gasteiger partial charge in [-0.25, -0.2) is 4.79 Å². The molecule has 3 rings (SSSR count). The van der Waals surface area contributed by atoms with E-state index in [-0.39, 0.29) is 12.1 Å². The molecule has 6 heteroatoms. The molecule has 1 N–H and O–H groups in total. The quantitative estimate of drug-likeness (QED) is 0.520. The highest BCUT2D eigenvalue weighted by Gasteiger charge is 2.48. The van der Waals surface area contributed by atoms with Crippen LogP contribution in [0.3, 0.4) is 0 Å². The minimum absolute atomic E-state index is 0.0712. The van der Waals surface area contributed by atoms with E-state index in [1.165, 1.54) is 4.90 Å². The third kappa shape index (κ3) is 1.91. The lowest BCUT2D eigenvalue weighted by atomic mass is 9.98. The summed E-state index contributed by atoms with van der Waals surface area (Å²) < 4.78 is 1.64. The van der Waals surface area contributed by atoms with Crippen LogP contribution in [0, 0.1) is 0 Å². The van der Waals surface area contributed by atoms with Gasteiger partial charge in [0.05, 0.1) is 0 Å². The van der Waals surface area contributed by atoms with Crippen molar-refractivity contribution in [2.75, 3.05) is 20.1 Å². The standard InChI is InChI=1S/C14H19N4O2/c1-9-3-8-16-12-11(9)17(2)13(19)14(20)18(12)10-4-6-15-7-5-10/h3,8,10-11,15H,4-7H2,1-2H3/q+1. The molecule has 1 unspecified atom stereocenters. The van der Waals surface area contributed by atoms with Crippen LogP contribution in [0.5, 0.6) is 0 Å². The van der Waals surface area contributed by atoms with Gasteiger partial charge in [-0.15, -0.1) is 0 Å². The predicted molar refractivity (Wildman–Crippen MR) is 75.0 cm³/mol. The van der Waals surface area contributed by atoms with E-state index in [0.717, 1.165) is 31.5 Å². The van der Waals surface area contributed by atoms with Crippen LogP contribution in [-0.4, -0.2) is 65.6 Å². The zero-order chi connectivity index (χ0) is 14.3. The Balaban J connectivity index is 2.10. The van der Waals surface area contributed by atoms with Gasteiger partial charge in [0.2, 0.25) is 0 Å². The zero-order valence-electron chi connectivity index (χ0n) is 11.8. The van der Waals surface area contributed by atoms with Crippen molar-refractivity contribution < 1.29 is 14.2 Å². The fourth-order valence-corrected chi connectivity index (χ4v) is 3.16. The molecule has 1 fully saturated rings. The first kappa shape index (κ1) is 13.2. The monoisotopic (exact) mass is 275 g/mol. The third-order valence-corrected chi connectivity index (χ3v) is 4.25. The van der Waals surface area contributed by atoms with Crippen LogP contribution in [0.4, 0.5) is 0 Å². The number of nitrogens with one attached hydrogen (secondary N) is 1. The lowest BCUT2D eigenvalue weighted by Gasteiger charge is -2.33. The van der Waals surface area contributed by atoms with E-state index < -0.39 is 11.8 Å². The number of dihydropyridines is 1. The van der Waals surface area contributed by atoms with Crippen LogP contribution >= 0.6 is 0 Å². The number of carbonyl (C=O) groups excluding carboxylic acids is 2. The van der Waals surface area contributed by atoms with E-state index in [2.05, 4.69) is 10.3 Å². The van der Waals surface area contributed by atoms with Crippen molar-refractivity contribution in [1.29, 1.82) is 0 Å². The highest BCUT2D eigenvalue weighted by Crippen LogP contribution is 2.22. The molecule has 0 spiro atoms. The number of carbonyl (C=O) groups is 2. The van der Waals surface area contributed by atoms with Crippen LogP contribution in [0.2, 0.25) is 0 Å². The van der Waals surface area contributed by atoms with Gasteiger partial charge in [0.25, 0.3) is 0 Å². The second-order valence-corrected chi connectivity index (χ2v) is 5.52.